The lowest BCUT2D eigenvalue weighted by Gasteiger charge is -2.18. The maximum Gasteiger partial charge on any atom is 0.243 e. The number of rotatable bonds is 5. The fourth-order valence-electron chi connectivity index (χ4n) is 2.70. The Bertz CT molecular complexity index is 1030. The molecule has 0 saturated carbocycles. The molecule has 132 valence electrons. The van der Waals surface area contributed by atoms with Crippen LogP contribution >= 0.6 is 11.6 Å². The lowest BCUT2D eigenvalue weighted by molar-refractivity contribution is 0.448. The van der Waals surface area contributed by atoms with Crippen molar-refractivity contribution < 1.29 is 12.8 Å². The normalized spacial score (nSPS) is 12.2. The number of para-hydroxylation sites is 2. The fraction of sp³-hybridized carbons (Fsp3) is 0.235. The highest BCUT2D eigenvalue weighted by Gasteiger charge is 2.24. The van der Waals surface area contributed by atoms with Crippen molar-refractivity contribution in [3.8, 4) is 0 Å². The smallest absolute Gasteiger partial charge is 0.243 e. The minimum atomic E-state index is -3.81. The highest BCUT2D eigenvalue weighted by atomic mass is 35.5. The van der Waals surface area contributed by atoms with Crippen LogP contribution in [0, 0.1) is 5.82 Å². The number of benzene rings is 2. The van der Waals surface area contributed by atoms with E-state index in [4.69, 9.17) is 11.6 Å². The maximum absolute atomic E-state index is 13.3. The molecule has 0 bridgehead atoms. The Morgan fingerprint density at radius 3 is 2.64 bits per heavy atom. The van der Waals surface area contributed by atoms with Gasteiger partial charge in [0.2, 0.25) is 10.0 Å². The van der Waals surface area contributed by atoms with Gasteiger partial charge in [0.05, 0.1) is 27.5 Å². The van der Waals surface area contributed by atoms with Gasteiger partial charge in [0.25, 0.3) is 0 Å². The number of hydrogen-bond acceptors (Lipinski definition) is 3. The Morgan fingerprint density at radius 2 is 1.96 bits per heavy atom. The summed E-state index contributed by atoms with van der Waals surface area (Å²) in [5, 5.41) is -0.227. The van der Waals surface area contributed by atoms with Gasteiger partial charge in [-0.15, -0.1) is 0 Å². The van der Waals surface area contributed by atoms with Gasteiger partial charge in [-0.2, -0.15) is 4.31 Å². The Balaban J connectivity index is 1.96. The molecule has 0 radical (unpaired) electrons. The van der Waals surface area contributed by atoms with Crippen molar-refractivity contribution >= 4 is 32.7 Å². The van der Waals surface area contributed by atoms with Crippen LogP contribution in [0.5, 0.6) is 0 Å². The van der Waals surface area contributed by atoms with E-state index in [-0.39, 0.29) is 16.5 Å². The third-order valence-corrected chi connectivity index (χ3v) is 6.10. The molecular formula is C17H17ClFN3O2S. The third-order valence-electron chi connectivity index (χ3n) is 4.01. The minimum Gasteiger partial charge on any atom is -0.327 e. The molecule has 0 amide bonds. The summed E-state index contributed by atoms with van der Waals surface area (Å²) in [6.45, 7) is 2.75. The summed E-state index contributed by atoms with van der Waals surface area (Å²) in [6.07, 6.45) is 0. The van der Waals surface area contributed by atoms with Crippen molar-refractivity contribution in [1.29, 1.82) is 0 Å². The Morgan fingerprint density at radius 1 is 1.24 bits per heavy atom. The van der Waals surface area contributed by atoms with E-state index in [1.807, 2.05) is 35.8 Å². The molecule has 0 saturated heterocycles. The molecule has 0 fully saturated rings. The van der Waals surface area contributed by atoms with Crippen LogP contribution in [-0.2, 0) is 23.1 Å². The zero-order chi connectivity index (χ0) is 18.2. The second-order valence-corrected chi connectivity index (χ2v) is 8.05. The van der Waals surface area contributed by atoms with E-state index < -0.39 is 15.8 Å². The molecule has 0 unspecified atom stereocenters. The first kappa shape index (κ1) is 17.8. The number of halogens is 2. The predicted octanol–water partition coefficient (Wildman–Crippen LogP) is 3.67. The number of sulfonamides is 1. The van der Waals surface area contributed by atoms with Crippen molar-refractivity contribution in [1.82, 2.24) is 13.9 Å². The van der Waals surface area contributed by atoms with Crippen LogP contribution in [0.3, 0.4) is 0 Å². The van der Waals surface area contributed by atoms with Gasteiger partial charge in [0.15, 0.2) is 0 Å². The molecule has 1 heterocycles. The van der Waals surface area contributed by atoms with Gasteiger partial charge in [-0.05, 0) is 37.3 Å². The molecule has 0 N–H and O–H groups in total. The Hall–Kier alpha value is -1.96. The maximum atomic E-state index is 13.3. The highest BCUT2D eigenvalue weighted by Crippen LogP contribution is 2.23. The van der Waals surface area contributed by atoms with Crippen molar-refractivity contribution in [3.05, 3.63) is 59.1 Å². The number of hydrogen-bond donors (Lipinski definition) is 0. The summed E-state index contributed by atoms with van der Waals surface area (Å²) >= 11 is 5.71. The summed E-state index contributed by atoms with van der Waals surface area (Å²) < 4.78 is 41.9. The lowest BCUT2D eigenvalue weighted by Crippen LogP contribution is -2.28. The van der Waals surface area contributed by atoms with Crippen molar-refractivity contribution in [3.63, 3.8) is 0 Å². The van der Waals surface area contributed by atoms with Gasteiger partial charge in [-0.3, -0.25) is 0 Å². The van der Waals surface area contributed by atoms with E-state index in [9.17, 15) is 12.8 Å². The largest absolute Gasteiger partial charge is 0.327 e. The van der Waals surface area contributed by atoms with E-state index in [0.717, 1.165) is 23.2 Å². The van der Waals surface area contributed by atoms with E-state index in [1.54, 1.807) is 0 Å². The first-order chi connectivity index (χ1) is 11.8. The van der Waals surface area contributed by atoms with Crippen molar-refractivity contribution in [2.45, 2.75) is 24.9 Å². The zero-order valence-corrected chi connectivity index (χ0v) is 15.4. The van der Waals surface area contributed by atoms with E-state index >= 15 is 0 Å². The zero-order valence-electron chi connectivity index (χ0n) is 13.8. The molecule has 3 rings (SSSR count). The number of nitrogens with zero attached hydrogens (tertiary/aromatic N) is 3. The predicted molar refractivity (Wildman–Crippen MR) is 95.5 cm³/mol. The Kier molecular flexibility index (Phi) is 4.81. The van der Waals surface area contributed by atoms with E-state index in [0.29, 0.717) is 12.4 Å². The average Bonchev–Trinajstić information content (AvgIpc) is 2.94. The quantitative estimate of drug-likeness (QED) is 0.677. The summed E-state index contributed by atoms with van der Waals surface area (Å²) in [7, 11) is -2.35. The molecule has 5 nitrogen and oxygen atoms in total. The molecular weight excluding hydrogens is 365 g/mol. The van der Waals surface area contributed by atoms with Crippen LogP contribution in [0.2, 0.25) is 5.02 Å². The molecule has 3 aromatic rings. The Labute approximate surface area is 150 Å². The number of aromatic nitrogens is 2. The van der Waals surface area contributed by atoms with Crippen LogP contribution < -0.4 is 0 Å². The molecule has 2 aromatic carbocycles. The van der Waals surface area contributed by atoms with Gasteiger partial charge >= 0.3 is 0 Å². The standard InChI is InChI=1S/C17H17ClFN3O2S/c1-3-22-16-7-5-4-6-15(16)20-17(22)11-21(2)25(23,24)12-8-9-14(19)13(18)10-12/h4-10H,3,11H2,1-2H3. The number of aryl methyl sites for hydroxylation is 1. The molecule has 8 heteroatoms. The summed E-state index contributed by atoms with van der Waals surface area (Å²) in [6, 6.07) is 11.0. The summed E-state index contributed by atoms with van der Waals surface area (Å²) in [5.41, 5.74) is 1.77. The average molecular weight is 382 g/mol. The van der Waals surface area contributed by atoms with Crippen LogP contribution in [0.25, 0.3) is 11.0 Å². The van der Waals surface area contributed by atoms with Gasteiger partial charge in [-0.1, -0.05) is 23.7 Å². The van der Waals surface area contributed by atoms with Crippen molar-refractivity contribution in [2.24, 2.45) is 0 Å². The summed E-state index contributed by atoms with van der Waals surface area (Å²) in [5.74, 6) is -0.0148. The van der Waals surface area contributed by atoms with Gasteiger partial charge in [0, 0.05) is 13.6 Å². The van der Waals surface area contributed by atoms with Crippen molar-refractivity contribution in [2.75, 3.05) is 7.05 Å². The monoisotopic (exact) mass is 381 g/mol. The summed E-state index contributed by atoms with van der Waals surface area (Å²) in [4.78, 5) is 4.48. The van der Waals surface area contributed by atoms with Crippen LogP contribution in [0.15, 0.2) is 47.4 Å². The SMILES string of the molecule is CCn1c(CN(C)S(=O)(=O)c2ccc(F)c(Cl)c2)nc2ccccc21. The van der Waals surface area contributed by atoms with Crippen LogP contribution in [0.4, 0.5) is 4.39 Å². The molecule has 0 aliphatic carbocycles. The molecule has 0 atom stereocenters. The minimum absolute atomic E-state index is 0.0550. The number of fused-ring (bicyclic) bond motifs is 1. The number of imidazole rings is 1. The second kappa shape index (κ2) is 6.74. The van der Waals surface area contributed by atoms with Crippen LogP contribution in [0.1, 0.15) is 12.7 Å². The molecule has 0 spiro atoms. The highest BCUT2D eigenvalue weighted by molar-refractivity contribution is 7.89. The molecule has 0 aliphatic rings. The van der Waals surface area contributed by atoms with E-state index in [1.165, 1.54) is 17.4 Å². The first-order valence-electron chi connectivity index (χ1n) is 7.70. The fourth-order valence-corrected chi connectivity index (χ4v) is 4.10. The van der Waals surface area contributed by atoms with E-state index in [2.05, 4.69) is 4.98 Å². The molecule has 25 heavy (non-hydrogen) atoms. The van der Waals surface area contributed by atoms with Crippen LogP contribution in [-0.4, -0.2) is 29.3 Å². The first-order valence-corrected chi connectivity index (χ1v) is 9.52. The topological polar surface area (TPSA) is 55.2 Å². The second-order valence-electron chi connectivity index (χ2n) is 5.60. The lowest BCUT2D eigenvalue weighted by atomic mass is 10.3. The third kappa shape index (κ3) is 3.27. The molecule has 0 aliphatic heterocycles. The van der Waals surface area contributed by atoms with Gasteiger partial charge in [-0.25, -0.2) is 17.8 Å². The van der Waals surface area contributed by atoms with Gasteiger partial charge in [0.1, 0.15) is 11.6 Å². The molecule has 1 aromatic heterocycles. The van der Waals surface area contributed by atoms with Gasteiger partial charge < -0.3 is 4.57 Å².